The summed E-state index contributed by atoms with van der Waals surface area (Å²) in [7, 11) is 0. The van der Waals surface area contributed by atoms with E-state index in [4.69, 9.17) is 4.74 Å². The molecule has 0 saturated heterocycles. The molecule has 3 aromatic carbocycles. The Morgan fingerprint density at radius 1 is 0.939 bits per heavy atom. The van der Waals surface area contributed by atoms with Crippen LogP contribution in [0.2, 0.25) is 0 Å². The van der Waals surface area contributed by atoms with Crippen LogP contribution >= 0.6 is 11.3 Å². The molecule has 1 aromatic heterocycles. The number of carbonyl (C=O) groups excluding carboxylic acids is 1. The van der Waals surface area contributed by atoms with Crippen LogP contribution < -0.4 is 4.74 Å². The number of carbonyl (C=O) groups is 1. The van der Waals surface area contributed by atoms with E-state index in [1.165, 1.54) is 36.2 Å². The van der Waals surface area contributed by atoms with Gasteiger partial charge < -0.3 is 9.84 Å². The van der Waals surface area contributed by atoms with E-state index >= 15 is 0 Å². The zero-order chi connectivity index (χ0) is 23.5. The number of fused-ring (bicyclic) bond motifs is 1. The lowest BCUT2D eigenvalue weighted by Gasteiger charge is -2.12. The van der Waals surface area contributed by atoms with E-state index in [0.717, 1.165) is 33.2 Å². The molecular weight excluding hydrogens is 428 g/mol. The summed E-state index contributed by atoms with van der Waals surface area (Å²) in [4.78, 5) is 14.3. The fourth-order valence-electron chi connectivity index (χ4n) is 4.39. The van der Waals surface area contributed by atoms with Crippen LogP contribution in [0.1, 0.15) is 63.7 Å². The predicted molar refractivity (Wildman–Crippen MR) is 137 cm³/mol. The van der Waals surface area contributed by atoms with Crippen LogP contribution in [0.3, 0.4) is 0 Å². The van der Waals surface area contributed by atoms with Crippen LogP contribution in [0.5, 0.6) is 17.2 Å². The largest absolute Gasteiger partial charge is 0.508 e. The third-order valence-corrected chi connectivity index (χ3v) is 7.08. The molecule has 4 aromatic rings. The average molecular weight is 459 g/mol. The van der Waals surface area contributed by atoms with E-state index in [9.17, 15) is 9.90 Å². The number of aryl methyl sites for hydroxylation is 4. The van der Waals surface area contributed by atoms with Gasteiger partial charge in [0, 0.05) is 15.6 Å². The number of hydrogen-bond donors (Lipinski definition) is 1. The summed E-state index contributed by atoms with van der Waals surface area (Å²) in [5.41, 5.74) is 5.06. The lowest BCUT2D eigenvalue weighted by molar-refractivity contribution is 0.103. The molecule has 0 amide bonds. The Kier molecular flexibility index (Phi) is 6.85. The standard InChI is InChI=1S/C29H30O3S/c1-5-6-7-8-21-9-12-23(13-10-21)32-28-24-14-11-22(30)17-25(24)33-29(28)27(31)26-19(3)15-18(2)16-20(26)4/h9-17,30H,5-8H2,1-4H3. The quantitative estimate of drug-likeness (QED) is 0.213. The van der Waals surface area contributed by atoms with E-state index < -0.39 is 0 Å². The second-order valence-electron chi connectivity index (χ2n) is 8.75. The molecule has 4 heteroatoms. The second kappa shape index (κ2) is 9.80. The van der Waals surface area contributed by atoms with Crippen molar-refractivity contribution in [2.75, 3.05) is 0 Å². The number of benzene rings is 3. The van der Waals surface area contributed by atoms with Crippen molar-refractivity contribution in [2.24, 2.45) is 0 Å². The number of thiophene rings is 1. The molecule has 0 unspecified atom stereocenters. The third kappa shape index (κ3) is 4.96. The normalized spacial score (nSPS) is 11.2. The Morgan fingerprint density at radius 3 is 2.30 bits per heavy atom. The van der Waals surface area contributed by atoms with Gasteiger partial charge in [0.25, 0.3) is 0 Å². The Hall–Kier alpha value is -3.11. The smallest absolute Gasteiger partial charge is 0.207 e. The third-order valence-electron chi connectivity index (χ3n) is 5.95. The van der Waals surface area contributed by atoms with Crippen LogP contribution in [0.25, 0.3) is 10.1 Å². The van der Waals surface area contributed by atoms with Gasteiger partial charge in [0.15, 0.2) is 5.75 Å². The van der Waals surface area contributed by atoms with E-state index in [0.29, 0.717) is 21.9 Å². The van der Waals surface area contributed by atoms with Crippen molar-refractivity contribution >= 4 is 27.2 Å². The lowest BCUT2D eigenvalue weighted by atomic mass is 9.95. The van der Waals surface area contributed by atoms with Crippen LogP contribution in [0.15, 0.2) is 54.6 Å². The average Bonchev–Trinajstić information content (AvgIpc) is 3.11. The molecule has 4 rings (SSSR count). The number of rotatable bonds is 8. The van der Waals surface area contributed by atoms with Gasteiger partial charge in [-0.15, -0.1) is 11.3 Å². The minimum Gasteiger partial charge on any atom is -0.508 e. The van der Waals surface area contributed by atoms with Gasteiger partial charge in [-0.05, 0) is 80.6 Å². The molecule has 33 heavy (non-hydrogen) atoms. The van der Waals surface area contributed by atoms with Crippen molar-refractivity contribution in [1.82, 2.24) is 0 Å². The Balaban J connectivity index is 1.73. The molecule has 0 aliphatic rings. The molecule has 3 nitrogen and oxygen atoms in total. The van der Waals surface area contributed by atoms with Gasteiger partial charge in [0.05, 0.1) is 0 Å². The minimum atomic E-state index is -0.0446. The summed E-state index contributed by atoms with van der Waals surface area (Å²) in [6.07, 6.45) is 4.68. The molecule has 0 saturated carbocycles. The molecule has 0 radical (unpaired) electrons. The molecule has 0 spiro atoms. The lowest BCUT2D eigenvalue weighted by Crippen LogP contribution is -2.06. The van der Waals surface area contributed by atoms with Crippen molar-refractivity contribution in [1.29, 1.82) is 0 Å². The number of ether oxygens (including phenoxy) is 1. The number of ketones is 1. The SMILES string of the molecule is CCCCCc1ccc(Oc2c(C(=O)c3c(C)cc(C)cc3C)sc3cc(O)ccc23)cc1. The maximum Gasteiger partial charge on any atom is 0.207 e. The molecule has 170 valence electrons. The van der Waals surface area contributed by atoms with Crippen molar-refractivity contribution in [2.45, 2.75) is 53.4 Å². The van der Waals surface area contributed by atoms with Crippen LogP contribution in [0.4, 0.5) is 0 Å². The Labute approximate surface area is 199 Å². The molecule has 0 aliphatic carbocycles. The molecular formula is C29H30O3S. The first-order chi connectivity index (χ1) is 15.9. The number of phenols is 1. The molecule has 1 heterocycles. The van der Waals surface area contributed by atoms with Crippen molar-refractivity contribution < 1.29 is 14.6 Å². The highest BCUT2D eigenvalue weighted by molar-refractivity contribution is 7.21. The van der Waals surface area contributed by atoms with Crippen LogP contribution in [0, 0.1) is 20.8 Å². The number of hydrogen-bond acceptors (Lipinski definition) is 4. The zero-order valence-electron chi connectivity index (χ0n) is 19.7. The summed E-state index contributed by atoms with van der Waals surface area (Å²) < 4.78 is 7.16. The molecule has 0 atom stereocenters. The van der Waals surface area contributed by atoms with Gasteiger partial charge in [-0.2, -0.15) is 0 Å². The monoisotopic (exact) mass is 458 g/mol. The van der Waals surface area contributed by atoms with E-state index in [2.05, 4.69) is 19.1 Å². The Morgan fingerprint density at radius 2 is 1.64 bits per heavy atom. The topological polar surface area (TPSA) is 46.5 Å². The highest BCUT2D eigenvalue weighted by Crippen LogP contribution is 2.43. The van der Waals surface area contributed by atoms with Crippen molar-refractivity contribution in [3.05, 3.63) is 87.3 Å². The number of aromatic hydroxyl groups is 1. The molecule has 0 bridgehead atoms. The summed E-state index contributed by atoms with van der Waals surface area (Å²) in [5.74, 6) is 1.39. The van der Waals surface area contributed by atoms with Gasteiger partial charge >= 0.3 is 0 Å². The summed E-state index contributed by atoms with van der Waals surface area (Å²) in [6, 6.07) is 17.4. The first-order valence-corrected chi connectivity index (χ1v) is 12.3. The Bertz CT molecular complexity index is 1280. The van der Waals surface area contributed by atoms with E-state index in [-0.39, 0.29) is 11.5 Å². The first kappa shape index (κ1) is 23.1. The minimum absolute atomic E-state index is 0.0446. The van der Waals surface area contributed by atoms with Crippen LogP contribution in [-0.4, -0.2) is 10.9 Å². The summed E-state index contributed by atoms with van der Waals surface area (Å²) in [6.45, 7) is 8.20. The molecule has 0 fully saturated rings. The van der Waals surface area contributed by atoms with Crippen molar-refractivity contribution in [3.63, 3.8) is 0 Å². The second-order valence-corrected chi connectivity index (χ2v) is 9.80. The highest BCUT2D eigenvalue weighted by Gasteiger charge is 2.24. The van der Waals surface area contributed by atoms with Gasteiger partial charge in [0.1, 0.15) is 16.4 Å². The van der Waals surface area contributed by atoms with E-state index in [1.807, 2.05) is 51.1 Å². The first-order valence-electron chi connectivity index (χ1n) is 11.5. The van der Waals surface area contributed by atoms with Crippen LogP contribution in [-0.2, 0) is 6.42 Å². The van der Waals surface area contributed by atoms with Gasteiger partial charge in [-0.3, -0.25) is 4.79 Å². The highest BCUT2D eigenvalue weighted by atomic mass is 32.1. The fourth-order valence-corrected chi connectivity index (χ4v) is 5.49. The van der Waals surface area contributed by atoms with Crippen molar-refractivity contribution in [3.8, 4) is 17.2 Å². The zero-order valence-corrected chi connectivity index (χ0v) is 20.5. The number of phenolic OH excluding ortho intramolecular Hbond substituents is 1. The maximum atomic E-state index is 13.7. The van der Waals surface area contributed by atoms with Gasteiger partial charge in [-0.1, -0.05) is 49.6 Å². The predicted octanol–water partition coefficient (Wildman–Crippen LogP) is 8.29. The molecule has 0 aliphatic heterocycles. The summed E-state index contributed by atoms with van der Waals surface area (Å²) in [5, 5.41) is 10.8. The fraction of sp³-hybridized carbons (Fsp3) is 0.276. The maximum absolute atomic E-state index is 13.7. The van der Waals surface area contributed by atoms with E-state index in [1.54, 1.807) is 12.1 Å². The van der Waals surface area contributed by atoms with Gasteiger partial charge in [0.2, 0.25) is 5.78 Å². The molecule has 1 N–H and O–H groups in total. The summed E-state index contributed by atoms with van der Waals surface area (Å²) >= 11 is 1.36. The number of unbranched alkanes of at least 4 members (excludes halogenated alkanes) is 2. The van der Waals surface area contributed by atoms with Gasteiger partial charge in [-0.25, -0.2) is 0 Å².